The molecule has 2 nitrogen and oxygen atoms in total. The second-order valence-electron chi connectivity index (χ2n) is 3.68. The number of benzene rings is 2. The largest absolute Gasteiger partial charge is 0.489 e. The van der Waals surface area contributed by atoms with Gasteiger partial charge in [0.15, 0.2) is 0 Å². The van der Waals surface area contributed by atoms with Gasteiger partial charge in [-0.2, -0.15) is 0 Å². The SMILES string of the molecule is Nc1ccc(OCc2cccc(Cl)c2Cl)cc1F. The van der Waals surface area contributed by atoms with Gasteiger partial charge in [-0.3, -0.25) is 0 Å². The van der Waals surface area contributed by atoms with Gasteiger partial charge in [-0.1, -0.05) is 35.3 Å². The first-order chi connectivity index (χ1) is 8.58. The number of hydrogen-bond donors (Lipinski definition) is 1. The van der Waals surface area contributed by atoms with E-state index in [-0.39, 0.29) is 12.3 Å². The normalized spacial score (nSPS) is 10.4. The van der Waals surface area contributed by atoms with Crippen LogP contribution in [0.3, 0.4) is 0 Å². The third-order valence-electron chi connectivity index (χ3n) is 2.40. The minimum atomic E-state index is -0.510. The lowest BCUT2D eigenvalue weighted by Gasteiger charge is -2.09. The van der Waals surface area contributed by atoms with Gasteiger partial charge >= 0.3 is 0 Å². The summed E-state index contributed by atoms with van der Waals surface area (Å²) >= 11 is 11.9. The first-order valence-electron chi connectivity index (χ1n) is 5.18. The summed E-state index contributed by atoms with van der Waals surface area (Å²) in [5.74, 6) is -0.123. The van der Waals surface area contributed by atoms with Crippen LogP contribution in [-0.2, 0) is 6.61 Å². The lowest BCUT2D eigenvalue weighted by Crippen LogP contribution is -1.98. The van der Waals surface area contributed by atoms with Crippen LogP contribution in [0.5, 0.6) is 5.75 Å². The Labute approximate surface area is 114 Å². The smallest absolute Gasteiger partial charge is 0.149 e. The molecule has 0 saturated carbocycles. The van der Waals surface area contributed by atoms with E-state index >= 15 is 0 Å². The molecule has 0 aliphatic rings. The summed E-state index contributed by atoms with van der Waals surface area (Å²) in [4.78, 5) is 0. The van der Waals surface area contributed by atoms with Crippen molar-refractivity contribution in [2.45, 2.75) is 6.61 Å². The molecule has 5 heteroatoms. The Hall–Kier alpha value is -1.45. The molecule has 0 aliphatic carbocycles. The van der Waals surface area contributed by atoms with E-state index in [1.807, 2.05) is 0 Å². The van der Waals surface area contributed by atoms with Crippen LogP contribution in [0.4, 0.5) is 10.1 Å². The fourth-order valence-corrected chi connectivity index (χ4v) is 1.79. The van der Waals surface area contributed by atoms with Crippen molar-refractivity contribution < 1.29 is 9.13 Å². The molecule has 0 atom stereocenters. The van der Waals surface area contributed by atoms with E-state index in [0.717, 1.165) is 5.56 Å². The Kier molecular flexibility index (Phi) is 3.94. The van der Waals surface area contributed by atoms with E-state index in [1.165, 1.54) is 12.1 Å². The van der Waals surface area contributed by atoms with Gasteiger partial charge in [0.1, 0.15) is 18.2 Å². The molecule has 2 aromatic rings. The third-order valence-corrected chi connectivity index (χ3v) is 3.26. The zero-order valence-electron chi connectivity index (χ0n) is 9.29. The summed E-state index contributed by atoms with van der Waals surface area (Å²) in [6.07, 6.45) is 0. The average molecular weight is 286 g/mol. The highest BCUT2D eigenvalue weighted by molar-refractivity contribution is 6.42. The van der Waals surface area contributed by atoms with Gasteiger partial charge in [0.05, 0.1) is 15.7 Å². The molecule has 0 heterocycles. The van der Waals surface area contributed by atoms with E-state index in [9.17, 15) is 4.39 Å². The molecule has 0 unspecified atom stereocenters. The van der Waals surface area contributed by atoms with Crippen molar-refractivity contribution in [3.63, 3.8) is 0 Å². The van der Waals surface area contributed by atoms with Crippen molar-refractivity contribution in [2.24, 2.45) is 0 Å². The van der Waals surface area contributed by atoms with Gasteiger partial charge in [-0.15, -0.1) is 0 Å². The van der Waals surface area contributed by atoms with E-state index in [1.54, 1.807) is 24.3 Å². The topological polar surface area (TPSA) is 35.2 Å². The summed E-state index contributed by atoms with van der Waals surface area (Å²) in [6, 6.07) is 9.53. The Balaban J connectivity index is 2.11. The van der Waals surface area contributed by atoms with Crippen molar-refractivity contribution in [1.29, 1.82) is 0 Å². The van der Waals surface area contributed by atoms with E-state index in [2.05, 4.69) is 0 Å². The molecule has 94 valence electrons. The Morgan fingerprint density at radius 1 is 1.17 bits per heavy atom. The molecule has 2 aromatic carbocycles. The zero-order valence-corrected chi connectivity index (χ0v) is 10.8. The second-order valence-corrected chi connectivity index (χ2v) is 4.47. The molecule has 0 saturated heterocycles. The van der Waals surface area contributed by atoms with Gasteiger partial charge in [-0.05, 0) is 18.2 Å². The van der Waals surface area contributed by atoms with E-state index < -0.39 is 5.82 Å². The maximum atomic E-state index is 13.2. The Morgan fingerprint density at radius 3 is 2.67 bits per heavy atom. The lowest BCUT2D eigenvalue weighted by molar-refractivity contribution is 0.305. The number of halogens is 3. The van der Waals surface area contributed by atoms with Crippen LogP contribution >= 0.6 is 23.2 Å². The van der Waals surface area contributed by atoms with Gasteiger partial charge in [-0.25, -0.2) is 4.39 Å². The highest BCUT2D eigenvalue weighted by Gasteiger charge is 2.06. The standard InChI is InChI=1S/C13H10Cl2FNO/c14-10-3-1-2-8(13(10)15)7-18-9-4-5-12(17)11(16)6-9/h1-6H,7,17H2. The van der Waals surface area contributed by atoms with Crippen LogP contribution in [0, 0.1) is 5.82 Å². The van der Waals surface area contributed by atoms with E-state index in [4.69, 9.17) is 33.7 Å². The zero-order chi connectivity index (χ0) is 13.1. The third kappa shape index (κ3) is 2.86. The van der Waals surface area contributed by atoms with E-state index in [0.29, 0.717) is 15.8 Å². The fraction of sp³-hybridized carbons (Fsp3) is 0.0769. The first kappa shape index (κ1) is 13.0. The van der Waals surface area contributed by atoms with Crippen molar-refractivity contribution in [2.75, 3.05) is 5.73 Å². The molecule has 2 rings (SSSR count). The quantitative estimate of drug-likeness (QED) is 0.854. The van der Waals surface area contributed by atoms with Gasteiger partial charge in [0.25, 0.3) is 0 Å². The van der Waals surface area contributed by atoms with Crippen LogP contribution in [0.1, 0.15) is 5.56 Å². The maximum Gasteiger partial charge on any atom is 0.149 e. The highest BCUT2D eigenvalue weighted by atomic mass is 35.5. The predicted octanol–water partition coefficient (Wildman–Crippen LogP) is 4.29. The molecular formula is C13H10Cl2FNO. The monoisotopic (exact) mass is 285 g/mol. The molecule has 0 radical (unpaired) electrons. The minimum Gasteiger partial charge on any atom is -0.489 e. The summed E-state index contributed by atoms with van der Waals surface area (Å²) in [7, 11) is 0. The van der Waals surface area contributed by atoms with Crippen LogP contribution in [0.25, 0.3) is 0 Å². The van der Waals surface area contributed by atoms with Crippen LogP contribution < -0.4 is 10.5 Å². The van der Waals surface area contributed by atoms with Crippen LogP contribution in [0.15, 0.2) is 36.4 Å². The molecular weight excluding hydrogens is 276 g/mol. The summed E-state index contributed by atoms with van der Waals surface area (Å²) in [5, 5.41) is 0.899. The first-order valence-corrected chi connectivity index (χ1v) is 5.94. The van der Waals surface area contributed by atoms with Gasteiger partial charge in [0, 0.05) is 11.6 Å². The summed E-state index contributed by atoms with van der Waals surface area (Å²) in [5.41, 5.74) is 6.19. The van der Waals surface area contributed by atoms with Crippen molar-refractivity contribution in [3.05, 3.63) is 57.8 Å². The predicted molar refractivity (Wildman–Crippen MR) is 71.6 cm³/mol. The van der Waals surface area contributed by atoms with Gasteiger partial charge in [0.2, 0.25) is 0 Å². The summed E-state index contributed by atoms with van der Waals surface area (Å²) < 4.78 is 18.6. The number of ether oxygens (including phenoxy) is 1. The lowest BCUT2D eigenvalue weighted by atomic mass is 10.2. The molecule has 18 heavy (non-hydrogen) atoms. The van der Waals surface area contributed by atoms with Crippen molar-refractivity contribution in [3.8, 4) is 5.75 Å². The molecule has 0 amide bonds. The van der Waals surface area contributed by atoms with Crippen molar-refractivity contribution in [1.82, 2.24) is 0 Å². The maximum absolute atomic E-state index is 13.2. The number of hydrogen-bond acceptors (Lipinski definition) is 2. The van der Waals surface area contributed by atoms with Crippen molar-refractivity contribution >= 4 is 28.9 Å². The number of rotatable bonds is 3. The Morgan fingerprint density at radius 2 is 1.94 bits per heavy atom. The van der Waals surface area contributed by atoms with Gasteiger partial charge < -0.3 is 10.5 Å². The molecule has 0 spiro atoms. The Bertz CT molecular complexity index is 575. The number of anilines is 1. The fourth-order valence-electron chi connectivity index (χ4n) is 1.42. The average Bonchev–Trinajstić information content (AvgIpc) is 2.35. The molecule has 0 fully saturated rings. The number of nitrogen functional groups attached to an aromatic ring is 1. The molecule has 0 bridgehead atoms. The van der Waals surface area contributed by atoms with Crippen LogP contribution in [-0.4, -0.2) is 0 Å². The highest BCUT2D eigenvalue weighted by Crippen LogP contribution is 2.27. The molecule has 0 aromatic heterocycles. The number of nitrogens with two attached hydrogens (primary N) is 1. The van der Waals surface area contributed by atoms with Crippen LogP contribution in [0.2, 0.25) is 10.0 Å². The second kappa shape index (κ2) is 5.46. The molecule has 2 N–H and O–H groups in total. The minimum absolute atomic E-state index is 0.0862. The molecule has 0 aliphatic heterocycles. The summed E-state index contributed by atoms with van der Waals surface area (Å²) in [6.45, 7) is 0.211.